The van der Waals surface area contributed by atoms with Crippen molar-refractivity contribution < 1.29 is 32.8 Å². The molecule has 0 fully saturated rings. The van der Waals surface area contributed by atoms with Gasteiger partial charge in [0, 0.05) is 38.9 Å². The van der Waals surface area contributed by atoms with Crippen molar-refractivity contribution >= 4 is 8.32 Å². The van der Waals surface area contributed by atoms with Crippen LogP contribution < -0.4 is 18.9 Å². The minimum Gasteiger partial charge on any atom is -0.493 e. The van der Waals surface area contributed by atoms with Gasteiger partial charge in [-0.3, -0.25) is 0 Å². The van der Waals surface area contributed by atoms with Gasteiger partial charge in [0.25, 0.3) is 0 Å². The molecule has 1 aromatic carbocycles. The van der Waals surface area contributed by atoms with Crippen LogP contribution >= 0.6 is 0 Å². The average Bonchev–Trinajstić information content (AvgIpc) is 2.63. The third-order valence-electron chi connectivity index (χ3n) is 4.96. The molecule has 0 aliphatic heterocycles. The Hall–Kier alpha value is -1.48. The van der Waals surface area contributed by atoms with Crippen molar-refractivity contribution in [1.29, 1.82) is 0 Å². The van der Waals surface area contributed by atoms with Crippen LogP contribution in [0.25, 0.3) is 0 Å². The molecule has 0 aliphatic rings. The Kier molecular flexibility index (Phi) is 9.56. The van der Waals surface area contributed by atoms with Gasteiger partial charge >= 0.3 is 0 Å². The average molecular weight is 417 g/mol. The first-order valence-corrected chi connectivity index (χ1v) is 12.2. The lowest BCUT2D eigenvalue weighted by Crippen LogP contribution is -2.41. The monoisotopic (exact) mass is 416 g/mol. The predicted octanol–water partition coefficient (Wildman–Crippen LogP) is 4.23. The van der Waals surface area contributed by atoms with E-state index >= 15 is 0 Å². The standard InChI is InChI=1S/C20H36O7Si/c1-20(2,3)28(8,9)27-11-10-15-18(24-7)17(25-13-21-4)12-16(23-6)19(15)26-14-22-5/h12H,10-11,13-14H2,1-9H3. The zero-order chi connectivity index (χ0) is 21.4. The first-order chi connectivity index (χ1) is 13.1. The highest BCUT2D eigenvalue weighted by atomic mass is 28.4. The Morgan fingerprint density at radius 3 is 1.93 bits per heavy atom. The first-order valence-electron chi connectivity index (χ1n) is 9.28. The van der Waals surface area contributed by atoms with E-state index in [1.54, 1.807) is 34.5 Å². The Morgan fingerprint density at radius 1 is 0.821 bits per heavy atom. The Bertz CT molecular complexity index is 612. The molecule has 162 valence electrons. The number of rotatable bonds is 12. The minimum absolute atomic E-state index is 0.0912. The molecule has 0 amide bonds. The quantitative estimate of drug-likeness (QED) is 0.373. The summed E-state index contributed by atoms with van der Waals surface area (Å²) in [5, 5.41) is 0.133. The molecule has 0 atom stereocenters. The maximum atomic E-state index is 6.34. The molecular weight excluding hydrogens is 380 g/mol. The summed E-state index contributed by atoms with van der Waals surface area (Å²) in [6, 6.07) is 1.72. The van der Waals surface area contributed by atoms with Crippen LogP contribution in [0.3, 0.4) is 0 Å². The van der Waals surface area contributed by atoms with Crippen molar-refractivity contribution in [2.75, 3.05) is 48.6 Å². The van der Waals surface area contributed by atoms with Crippen LogP contribution in [0.5, 0.6) is 23.0 Å². The molecule has 0 spiro atoms. The lowest BCUT2D eigenvalue weighted by atomic mass is 10.1. The third kappa shape index (κ3) is 6.27. The largest absolute Gasteiger partial charge is 0.493 e. The van der Waals surface area contributed by atoms with E-state index in [4.69, 9.17) is 32.8 Å². The molecule has 1 rings (SSSR count). The summed E-state index contributed by atoms with van der Waals surface area (Å²) in [5.74, 6) is 2.19. The van der Waals surface area contributed by atoms with Crippen LogP contribution in [0.1, 0.15) is 26.3 Å². The molecule has 0 aromatic heterocycles. The smallest absolute Gasteiger partial charge is 0.191 e. The van der Waals surface area contributed by atoms with Crippen molar-refractivity contribution in [3.63, 3.8) is 0 Å². The zero-order valence-electron chi connectivity index (χ0n) is 18.8. The summed E-state index contributed by atoms with van der Waals surface area (Å²) in [5.41, 5.74) is 0.809. The van der Waals surface area contributed by atoms with Gasteiger partial charge in [-0.15, -0.1) is 0 Å². The highest BCUT2D eigenvalue weighted by molar-refractivity contribution is 6.74. The third-order valence-corrected chi connectivity index (χ3v) is 9.49. The van der Waals surface area contributed by atoms with E-state index in [9.17, 15) is 0 Å². The highest BCUT2D eigenvalue weighted by Crippen LogP contribution is 2.45. The van der Waals surface area contributed by atoms with Gasteiger partial charge in [0.15, 0.2) is 44.9 Å². The van der Waals surface area contributed by atoms with Gasteiger partial charge in [0.2, 0.25) is 0 Å². The molecule has 0 saturated heterocycles. The van der Waals surface area contributed by atoms with Gasteiger partial charge in [-0.05, 0) is 18.1 Å². The number of hydrogen-bond acceptors (Lipinski definition) is 7. The van der Waals surface area contributed by atoms with Crippen molar-refractivity contribution in [3.8, 4) is 23.0 Å². The predicted molar refractivity (Wildman–Crippen MR) is 111 cm³/mol. The second-order valence-electron chi connectivity index (χ2n) is 7.88. The lowest BCUT2D eigenvalue weighted by Gasteiger charge is -2.36. The summed E-state index contributed by atoms with van der Waals surface area (Å²) in [6.07, 6.45) is 0.579. The molecule has 8 heteroatoms. The summed E-state index contributed by atoms with van der Waals surface area (Å²) >= 11 is 0. The second-order valence-corrected chi connectivity index (χ2v) is 12.7. The molecular formula is C20H36O7Si. The molecule has 0 saturated carbocycles. The minimum atomic E-state index is -1.87. The number of methoxy groups -OCH3 is 4. The van der Waals surface area contributed by atoms with Crippen LogP contribution in [0, 0.1) is 0 Å². The topological polar surface area (TPSA) is 64.6 Å². The van der Waals surface area contributed by atoms with E-state index in [-0.39, 0.29) is 18.6 Å². The van der Waals surface area contributed by atoms with Gasteiger partial charge in [0.05, 0.1) is 14.2 Å². The maximum Gasteiger partial charge on any atom is 0.191 e. The van der Waals surface area contributed by atoms with Crippen LogP contribution in [-0.4, -0.2) is 56.9 Å². The fourth-order valence-corrected chi connectivity index (χ4v) is 3.43. The zero-order valence-corrected chi connectivity index (χ0v) is 19.8. The molecule has 1 aromatic rings. The molecule has 0 aliphatic carbocycles. The molecule has 0 bridgehead atoms. The number of hydrogen-bond donors (Lipinski definition) is 0. The maximum absolute atomic E-state index is 6.34. The van der Waals surface area contributed by atoms with E-state index in [1.807, 2.05) is 0 Å². The Morgan fingerprint density at radius 2 is 1.43 bits per heavy atom. The van der Waals surface area contributed by atoms with Crippen LogP contribution in [-0.2, 0) is 20.3 Å². The van der Waals surface area contributed by atoms with E-state index in [0.717, 1.165) is 5.56 Å². The van der Waals surface area contributed by atoms with Crippen molar-refractivity contribution in [2.24, 2.45) is 0 Å². The van der Waals surface area contributed by atoms with E-state index in [1.165, 1.54) is 0 Å². The van der Waals surface area contributed by atoms with Gasteiger partial charge in [-0.1, -0.05) is 20.8 Å². The summed E-state index contributed by atoms with van der Waals surface area (Å²) in [4.78, 5) is 0. The molecule has 0 unspecified atom stereocenters. The Labute approximate surface area is 170 Å². The fourth-order valence-electron chi connectivity index (χ4n) is 2.38. The molecule has 0 radical (unpaired) electrons. The van der Waals surface area contributed by atoms with E-state index < -0.39 is 8.32 Å². The van der Waals surface area contributed by atoms with E-state index in [2.05, 4.69) is 33.9 Å². The van der Waals surface area contributed by atoms with Crippen molar-refractivity contribution in [2.45, 2.75) is 45.3 Å². The summed E-state index contributed by atoms with van der Waals surface area (Å²) in [6.45, 7) is 11.8. The van der Waals surface area contributed by atoms with Crippen LogP contribution in [0.2, 0.25) is 18.1 Å². The molecule has 0 N–H and O–H groups in total. The highest BCUT2D eigenvalue weighted by Gasteiger charge is 2.37. The summed E-state index contributed by atoms with van der Waals surface area (Å²) < 4.78 is 39.1. The second kappa shape index (κ2) is 10.9. The number of benzene rings is 1. The van der Waals surface area contributed by atoms with Gasteiger partial charge in [-0.2, -0.15) is 0 Å². The normalized spacial score (nSPS) is 12.0. The van der Waals surface area contributed by atoms with Gasteiger partial charge < -0.3 is 32.8 Å². The van der Waals surface area contributed by atoms with Gasteiger partial charge in [-0.25, -0.2) is 0 Å². The van der Waals surface area contributed by atoms with Crippen molar-refractivity contribution in [1.82, 2.24) is 0 Å². The first kappa shape index (κ1) is 24.6. The number of ether oxygens (including phenoxy) is 6. The van der Waals surface area contributed by atoms with Crippen molar-refractivity contribution in [3.05, 3.63) is 11.6 Å². The molecule has 28 heavy (non-hydrogen) atoms. The molecule has 7 nitrogen and oxygen atoms in total. The SMILES string of the molecule is COCOc1cc(OC)c(OCOC)c(CCO[Si](C)(C)C(C)(C)C)c1OC. The van der Waals surface area contributed by atoms with E-state index in [0.29, 0.717) is 36.0 Å². The van der Waals surface area contributed by atoms with Crippen LogP contribution in [0.15, 0.2) is 6.07 Å². The van der Waals surface area contributed by atoms with Gasteiger partial charge in [0.1, 0.15) is 0 Å². The Balaban J connectivity index is 3.25. The van der Waals surface area contributed by atoms with Crippen LogP contribution in [0.4, 0.5) is 0 Å². The summed E-state index contributed by atoms with van der Waals surface area (Å²) in [7, 11) is 4.44. The fraction of sp³-hybridized carbons (Fsp3) is 0.700. The lowest BCUT2D eigenvalue weighted by molar-refractivity contribution is 0.0443. The molecule has 0 heterocycles.